The minimum atomic E-state index is -1.79. The van der Waals surface area contributed by atoms with Gasteiger partial charge in [0, 0.05) is 92.4 Å². The molecule has 696 valence electrons. The van der Waals surface area contributed by atoms with E-state index in [2.05, 4.69) is 454 Å². The third-order valence-electron chi connectivity index (χ3n) is 35.9. The first-order valence-corrected chi connectivity index (χ1v) is 64.0. The molecule has 5 fully saturated rings. The van der Waals surface area contributed by atoms with Gasteiger partial charge in [0.15, 0.2) is 24.8 Å². The van der Waals surface area contributed by atoms with E-state index in [0.29, 0.717) is 0 Å². The fourth-order valence-corrected chi connectivity index (χ4v) is 43.8. The van der Waals surface area contributed by atoms with Crippen molar-refractivity contribution >= 4 is 73.8 Å². The molecule has 4 nitrogen and oxygen atoms in total. The van der Waals surface area contributed by atoms with Crippen LogP contribution in [-0.4, -0.2) is 32.3 Å². The van der Waals surface area contributed by atoms with E-state index in [1.54, 1.807) is 86.0 Å². The quantitative estimate of drug-likeness (QED) is 0.106. The molecule has 0 N–H and O–H groups in total. The predicted octanol–water partition coefficient (Wildman–Crippen LogP) is 25.5. The molecule has 4 aromatic heterocycles. The highest BCUT2D eigenvalue weighted by Gasteiger charge is 2.57. The average Bonchev–Trinajstić information content (AvgIpc) is 1.50. The maximum atomic E-state index is 2.69. The van der Waals surface area contributed by atoms with Crippen LogP contribution in [0.1, 0.15) is 189 Å². The van der Waals surface area contributed by atoms with E-state index in [0.717, 1.165) is 0 Å². The Bertz CT molecular complexity index is 7480. The van der Waals surface area contributed by atoms with Gasteiger partial charge >= 0.3 is 0 Å². The lowest BCUT2D eigenvalue weighted by Gasteiger charge is -2.51. The summed E-state index contributed by atoms with van der Waals surface area (Å²) in [5.41, 5.74) is 40.4. The van der Waals surface area contributed by atoms with Gasteiger partial charge in [-0.25, -0.2) is 18.3 Å². The molecule has 9 heterocycles. The highest BCUT2D eigenvalue weighted by Crippen LogP contribution is 2.57. The van der Waals surface area contributed by atoms with Gasteiger partial charge < -0.3 is 0 Å². The summed E-state index contributed by atoms with van der Waals surface area (Å²) in [4.78, 5) is 0. The molecule has 12 aromatic carbocycles. The first-order valence-electron chi connectivity index (χ1n) is 52.6. The molecule has 8 heteroatoms. The number of rotatable bonds is 8. The summed E-state index contributed by atoms with van der Waals surface area (Å²) in [6, 6.07) is 124. The van der Waals surface area contributed by atoms with Crippen molar-refractivity contribution in [3.8, 4) is 89.5 Å². The van der Waals surface area contributed by atoms with E-state index in [9.17, 15) is 0 Å². The van der Waals surface area contributed by atoms with Crippen LogP contribution in [0.4, 0.5) is 0 Å². The molecule has 25 rings (SSSR count). The molecule has 0 atom stereocenters. The summed E-state index contributed by atoms with van der Waals surface area (Å²) >= 11 is 0. The van der Waals surface area contributed by atoms with Gasteiger partial charge in [-0.2, -0.15) is 0 Å². The van der Waals surface area contributed by atoms with Crippen molar-refractivity contribution in [2.24, 2.45) is 28.2 Å². The van der Waals surface area contributed by atoms with E-state index >= 15 is 0 Å². The maximum absolute atomic E-state index is 2.69. The van der Waals surface area contributed by atoms with Crippen LogP contribution in [0.3, 0.4) is 0 Å². The maximum Gasteiger partial charge on any atom is 0.213 e. The lowest BCUT2D eigenvalue weighted by molar-refractivity contribution is -0.660. The number of hydrogen-bond acceptors (Lipinski definition) is 0. The van der Waals surface area contributed by atoms with Crippen molar-refractivity contribution in [3.63, 3.8) is 0 Å². The second-order valence-corrected chi connectivity index (χ2v) is 62.0. The van der Waals surface area contributed by atoms with Gasteiger partial charge in [-0.1, -0.05) is 389 Å². The fourth-order valence-electron chi connectivity index (χ4n) is 28.1. The van der Waals surface area contributed by atoms with Crippen LogP contribution >= 0.6 is 0 Å². The highest BCUT2D eigenvalue weighted by atomic mass is 28.3. The standard InChI is InChI=1S/C36H40NSi.C33H36NSi.C32H34NSi.C30H30NSi/c1-27-13-5-6-14-30(27)33-25-29(19-22-37(33)2)28-17-18-32-35(26-28)38(23-11-4-12-24-38)34-16-8-7-15-31(34)36(32)20-9-3-10-21-36;1-24-12-6-7-13-27(24)30-23-26(18-21-34(30)2)25-16-17-32-29(22-25)33(19-10-5-11-20-33)28-14-8-9-15-31(28)35(32,3)4;1-23-11-5-6-12-26(23)29-22-25(17-20-33(29)2)24-15-16-31-28(21-24)32(18-9-10-19-32)27-13-7-8-14-30(27)34(31,3)4;1-21-9-5-6-10-24(21)27-20-23(15-18-31(27)2)22-13-14-29-26(19-22)30(16-17-30)25-11-7-8-12-28(25)32(29,3)4/h5-8,13-19,22,25-26H,3-4,9-12,20-21,23-24H2,1-2H3;6-9,12-18,21-23H,5,10-11,19-20H2,1-4H3;5-8,11-17,20-22H,9-10,18-19H2,1-4H3;5-15,18-20H,16-17H2,1-4H3/q4*+1. The number of aryl methyl sites for hydroxylation is 8. The summed E-state index contributed by atoms with van der Waals surface area (Å²) < 4.78 is 9.00. The normalized spacial score (nSPS) is 17.9. The van der Waals surface area contributed by atoms with Crippen molar-refractivity contribution in [1.29, 1.82) is 0 Å². The third-order valence-corrected chi connectivity index (χ3v) is 52.0. The minimum absolute atomic E-state index is 0.182. The van der Waals surface area contributed by atoms with Crippen molar-refractivity contribution in [2.45, 2.75) is 223 Å². The second kappa shape index (κ2) is 36.3. The smallest absolute Gasteiger partial charge is 0.201 e. The van der Waals surface area contributed by atoms with Crippen molar-refractivity contribution in [3.05, 3.63) is 407 Å². The molecule has 139 heavy (non-hydrogen) atoms. The Balaban J connectivity index is 0.000000107. The summed E-state index contributed by atoms with van der Waals surface area (Å²) in [5.74, 6) is 0. The zero-order chi connectivity index (χ0) is 95.5. The zero-order valence-corrected chi connectivity index (χ0v) is 89.0. The van der Waals surface area contributed by atoms with Crippen LogP contribution in [0.2, 0.25) is 51.4 Å². The Morgan fingerprint density at radius 2 is 0.424 bits per heavy atom. The Morgan fingerprint density at radius 3 is 0.741 bits per heavy atom. The van der Waals surface area contributed by atoms with Crippen LogP contribution in [0.15, 0.2) is 340 Å². The number of fused-ring (bicyclic) bond motifs is 18. The monoisotopic (exact) mass is 1880 g/mol. The van der Waals surface area contributed by atoms with Gasteiger partial charge in [0.25, 0.3) is 0 Å². The fraction of sp³-hybridized carbons (Fsp3) is 0.298. The number of aromatic nitrogens is 4. The summed E-state index contributed by atoms with van der Waals surface area (Å²) in [7, 11) is 1.66. The molecule has 0 bridgehead atoms. The number of hydrogen-bond donors (Lipinski definition) is 0. The van der Waals surface area contributed by atoms with E-state index in [1.807, 2.05) is 0 Å². The predicted molar refractivity (Wildman–Crippen MR) is 594 cm³/mol. The first-order chi connectivity index (χ1) is 67.4. The highest BCUT2D eigenvalue weighted by molar-refractivity contribution is 7.04. The van der Waals surface area contributed by atoms with Crippen LogP contribution in [0.5, 0.6) is 0 Å². The molecular weight excluding hydrogens is 1740 g/mol. The number of benzene rings is 12. The molecule has 4 saturated carbocycles. The molecule has 16 aromatic rings. The molecule has 5 spiro atoms. The van der Waals surface area contributed by atoms with E-state index < -0.39 is 32.3 Å². The summed E-state index contributed by atoms with van der Waals surface area (Å²) in [6.45, 7) is 24.1. The van der Waals surface area contributed by atoms with Gasteiger partial charge in [0.1, 0.15) is 60.5 Å². The molecule has 0 radical (unpaired) electrons. The van der Waals surface area contributed by atoms with Crippen LogP contribution in [0.25, 0.3) is 89.5 Å². The second-order valence-electron chi connectivity index (χ2n) is 44.8. The molecule has 1 saturated heterocycles. The molecule has 0 unspecified atom stereocenters. The Hall–Kier alpha value is -11.9. The molecular formula is C131H140N4Si4+4. The molecule has 0 amide bonds. The van der Waals surface area contributed by atoms with Gasteiger partial charge in [-0.3, -0.25) is 0 Å². The van der Waals surface area contributed by atoms with Gasteiger partial charge in [0.05, 0.1) is 0 Å². The summed E-state index contributed by atoms with van der Waals surface area (Å²) in [6.07, 6.45) is 34.2. The van der Waals surface area contributed by atoms with Crippen LogP contribution in [0, 0.1) is 27.7 Å². The molecule has 9 aliphatic rings. The molecule has 4 aliphatic carbocycles. The topological polar surface area (TPSA) is 15.5 Å². The first kappa shape index (κ1) is 92.2. The third kappa shape index (κ3) is 15.7. The van der Waals surface area contributed by atoms with Crippen molar-refractivity contribution in [1.82, 2.24) is 0 Å². The molecule has 5 aliphatic heterocycles. The Morgan fingerprint density at radius 1 is 0.194 bits per heavy atom. The van der Waals surface area contributed by atoms with E-state index in [1.165, 1.54) is 246 Å². The largest absolute Gasteiger partial charge is 0.213 e. The number of nitrogens with zero attached hydrogens (tertiary/aromatic N) is 4. The van der Waals surface area contributed by atoms with E-state index in [-0.39, 0.29) is 21.7 Å². The lowest BCUT2D eigenvalue weighted by Crippen LogP contribution is -2.67. The van der Waals surface area contributed by atoms with Gasteiger partial charge in [0.2, 0.25) is 22.8 Å². The van der Waals surface area contributed by atoms with Crippen molar-refractivity contribution < 1.29 is 18.3 Å². The van der Waals surface area contributed by atoms with E-state index in [4.69, 9.17) is 0 Å². The van der Waals surface area contributed by atoms with Gasteiger partial charge in [-0.15, -0.1) is 0 Å². The zero-order valence-electron chi connectivity index (χ0n) is 85.0. The SMILES string of the molecule is Cc1ccccc1-c1cc(-c2ccc3c(c2)C2(CC2)c2ccccc2[Si]3(C)C)cc[n+]1C.Cc1ccccc1-c1cc(-c2ccc3c(c2)C2(CCCC2)c2ccccc2[Si]3(C)C)cc[n+]1C.Cc1ccccc1-c1cc(-c2ccc3c(c2)C2(CCCCC2)c2ccccc2[Si]3(C)C)cc[n+]1C.Cc1ccccc1-c1cc(-c2ccc3c(c2)[Si]2(CCCCC2)c2ccccc2C32CCCCC2)cc[n+]1C. The van der Waals surface area contributed by atoms with Crippen LogP contribution < -0.4 is 59.8 Å². The lowest BCUT2D eigenvalue weighted by atomic mass is 9.64. The summed E-state index contributed by atoms with van der Waals surface area (Å²) in [5, 5.41) is 13.5. The minimum Gasteiger partial charge on any atom is -0.201 e. The Labute approximate surface area is 833 Å². The van der Waals surface area contributed by atoms with Crippen LogP contribution in [-0.2, 0) is 49.9 Å². The average molecular weight is 1880 g/mol. The van der Waals surface area contributed by atoms with Gasteiger partial charge in [-0.05, 0) is 232 Å². The Kier molecular flexibility index (Phi) is 24.1. The van der Waals surface area contributed by atoms with Crippen molar-refractivity contribution in [2.75, 3.05) is 0 Å². The number of pyridine rings is 4.